The number of fused-ring (bicyclic) bond motifs is 1. The summed E-state index contributed by atoms with van der Waals surface area (Å²) in [5.74, 6) is 0.107. The molecule has 2 unspecified atom stereocenters. The lowest BCUT2D eigenvalue weighted by Gasteiger charge is -2.28. The Labute approximate surface area is 175 Å². The van der Waals surface area contributed by atoms with Crippen molar-refractivity contribution in [1.29, 1.82) is 0 Å². The van der Waals surface area contributed by atoms with Crippen molar-refractivity contribution in [2.45, 2.75) is 38.8 Å². The van der Waals surface area contributed by atoms with E-state index < -0.39 is 0 Å². The van der Waals surface area contributed by atoms with Crippen LogP contribution in [-0.4, -0.2) is 45.4 Å². The molecule has 6 nitrogen and oxygen atoms in total. The average molecular weight is 403 g/mol. The number of aromatic hydroxyl groups is 1. The molecule has 1 saturated heterocycles. The fourth-order valence-electron chi connectivity index (χ4n) is 4.82. The number of aryl methyl sites for hydroxylation is 2. The maximum absolute atomic E-state index is 13.4. The van der Waals surface area contributed by atoms with Gasteiger partial charge in [0.05, 0.1) is 12.1 Å². The predicted octanol–water partition coefficient (Wildman–Crippen LogP) is 4.12. The van der Waals surface area contributed by atoms with Crippen molar-refractivity contribution >= 4 is 5.91 Å². The first kappa shape index (κ1) is 18.9. The lowest BCUT2D eigenvalue weighted by Crippen LogP contribution is -2.36. The molecule has 2 aromatic carbocycles. The van der Waals surface area contributed by atoms with Crippen molar-refractivity contribution in [3.63, 3.8) is 0 Å². The minimum Gasteiger partial charge on any atom is -0.507 e. The van der Waals surface area contributed by atoms with Crippen molar-refractivity contribution in [3.05, 3.63) is 70.4 Å². The van der Waals surface area contributed by atoms with Crippen LogP contribution in [0.3, 0.4) is 0 Å². The SMILES string of the molecule is Cc1cc(C)c(-c2n[nH]c3c2C(c2ccccc2)N(CC2CCCO2)C3=O)c(O)c1. The molecule has 5 rings (SSSR count). The van der Waals surface area contributed by atoms with E-state index >= 15 is 0 Å². The van der Waals surface area contributed by atoms with Gasteiger partial charge in [-0.15, -0.1) is 0 Å². The summed E-state index contributed by atoms with van der Waals surface area (Å²) in [6.45, 7) is 5.20. The standard InChI is InChI=1S/C24H25N3O3/c1-14-11-15(2)19(18(28)12-14)21-20-22(26-25-21)24(29)27(13-17-9-6-10-30-17)23(20)16-7-4-3-5-8-16/h3-5,7-8,11-12,17,23,28H,6,9-10,13H2,1-2H3,(H,25,26). The second-order valence-electron chi connectivity index (χ2n) is 8.24. The molecule has 6 heteroatoms. The maximum Gasteiger partial charge on any atom is 0.273 e. The second kappa shape index (κ2) is 7.29. The monoisotopic (exact) mass is 403 g/mol. The van der Waals surface area contributed by atoms with Gasteiger partial charge >= 0.3 is 0 Å². The highest BCUT2D eigenvalue weighted by Crippen LogP contribution is 2.45. The van der Waals surface area contributed by atoms with Gasteiger partial charge < -0.3 is 14.7 Å². The summed E-state index contributed by atoms with van der Waals surface area (Å²) in [5, 5.41) is 18.2. The van der Waals surface area contributed by atoms with Crippen molar-refractivity contribution in [2.24, 2.45) is 0 Å². The molecule has 0 saturated carbocycles. The number of carbonyl (C=O) groups is 1. The van der Waals surface area contributed by atoms with Gasteiger partial charge in [0.2, 0.25) is 0 Å². The van der Waals surface area contributed by atoms with E-state index in [0.717, 1.165) is 41.7 Å². The Balaban J connectivity index is 1.66. The van der Waals surface area contributed by atoms with E-state index in [-0.39, 0.29) is 23.8 Å². The number of benzene rings is 2. The maximum atomic E-state index is 13.4. The molecular formula is C24H25N3O3. The van der Waals surface area contributed by atoms with Crippen molar-refractivity contribution in [1.82, 2.24) is 15.1 Å². The number of amides is 1. The molecule has 2 aliphatic heterocycles. The molecular weight excluding hydrogens is 378 g/mol. The summed E-state index contributed by atoms with van der Waals surface area (Å²) in [5.41, 5.74) is 5.57. The first-order chi connectivity index (χ1) is 14.5. The number of phenols is 1. The number of hydrogen-bond acceptors (Lipinski definition) is 4. The van der Waals surface area contributed by atoms with Gasteiger partial charge in [-0.1, -0.05) is 36.4 Å². The van der Waals surface area contributed by atoms with Crippen molar-refractivity contribution in [2.75, 3.05) is 13.2 Å². The molecule has 0 aliphatic carbocycles. The molecule has 2 N–H and O–H groups in total. The van der Waals surface area contributed by atoms with Crippen LogP contribution < -0.4 is 0 Å². The van der Waals surface area contributed by atoms with Gasteiger partial charge in [0.25, 0.3) is 5.91 Å². The van der Waals surface area contributed by atoms with Gasteiger partial charge in [0, 0.05) is 24.3 Å². The first-order valence-corrected chi connectivity index (χ1v) is 10.4. The first-order valence-electron chi connectivity index (χ1n) is 10.4. The van der Waals surface area contributed by atoms with Crippen LogP contribution >= 0.6 is 0 Å². The third-order valence-corrected chi connectivity index (χ3v) is 6.10. The third-order valence-electron chi connectivity index (χ3n) is 6.10. The Kier molecular flexibility index (Phi) is 4.59. The van der Waals surface area contributed by atoms with Gasteiger partial charge in [-0.3, -0.25) is 9.89 Å². The highest BCUT2D eigenvalue weighted by molar-refractivity contribution is 6.00. The quantitative estimate of drug-likeness (QED) is 0.687. The molecule has 154 valence electrons. The van der Waals surface area contributed by atoms with E-state index in [9.17, 15) is 9.90 Å². The number of H-pyrrole nitrogens is 1. The molecule has 2 aliphatic rings. The van der Waals surface area contributed by atoms with E-state index in [0.29, 0.717) is 23.5 Å². The number of rotatable bonds is 4. The lowest BCUT2D eigenvalue weighted by molar-refractivity contribution is 0.0495. The number of ether oxygens (including phenoxy) is 1. The summed E-state index contributed by atoms with van der Waals surface area (Å²) < 4.78 is 5.83. The van der Waals surface area contributed by atoms with Crippen LogP contribution in [0.15, 0.2) is 42.5 Å². The number of nitrogens with one attached hydrogen (secondary N) is 1. The summed E-state index contributed by atoms with van der Waals surface area (Å²) >= 11 is 0. The zero-order valence-corrected chi connectivity index (χ0v) is 17.2. The van der Waals surface area contributed by atoms with E-state index in [1.54, 1.807) is 6.07 Å². The summed E-state index contributed by atoms with van der Waals surface area (Å²) in [7, 11) is 0. The highest BCUT2D eigenvalue weighted by Gasteiger charge is 2.43. The molecule has 30 heavy (non-hydrogen) atoms. The van der Waals surface area contributed by atoms with Gasteiger partial charge in [-0.05, 0) is 49.4 Å². The smallest absolute Gasteiger partial charge is 0.273 e. The minimum absolute atomic E-state index is 0.0510. The average Bonchev–Trinajstić information content (AvgIpc) is 3.43. The molecule has 0 radical (unpaired) electrons. The van der Waals surface area contributed by atoms with Gasteiger partial charge in [0.1, 0.15) is 17.1 Å². The van der Waals surface area contributed by atoms with Gasteiger partial charge in [-0.25, -0.2) is 0 Å². The molecule has 2 atom stereocenters. The van der Waals surface area contributed by atoms with Crippen LogP contribution in [-0.2, 0) is 4.74 Å². The largest absolute Gasteiger partial charge is 0.507 e. The zero-order chi connectivity index (χ0) is 20.8. The molecule has 1 aromatic heterocycles. The number of hydrogen-bond donors (Lipinski definition) is 2. The van der Waals surface area contributed by atoms with Gasteiger partial charge in [0.15, 0.2) is 0 Å². The summed E-state index contributed by atoms with van der Waals surface area (Å²) in [4.78, 5) is 15.3. The van der Waals surface area contributed by atoms with E-state index in [1.165, 1.54) is 0 Å². The van der Waals surface area contributed by atoms with Crippen molar-refractivity contribution < 1.29 is 14.6 Å². The summed E-state index contributed by atoms with van der Waals surface area (Å²) in [6.07, 6.45) is 2.04. The third kappa shape index (κ3) is 2.99. The normalized spacial score (nSPS) is 20.7. The summed E-state index contributed by atoms with van der Waals surface area (Å²) in [6, 6.07) is 13.5. The Hall–Kier alpha value is -3.12. The van der Waals surface area contributed by atoms with E-state index in [2.05, 4.69) is 10.2 Å². The molecule has 0 bridgehead atoms. The molecule has 0 spiro atoms. The Morgan fingerprint density at radius 1 is 1.23 bits per heavy atom. The molecule has 1 fully saturated rings. The number of nitrogens with zero attached hydrogens (tertiary/aromatic N) is 2. The Morgan fingerprint density at radius 2 is 2.03 bits per heavy atom. The topological polar surface area (TPSA) is 78.5 Å². The number of aromatic amines is 1. The molecule has 3 aromatic rings. The zero-order valence-electron chi connectivity index (χ0n) is 17.2. The van der Waals surface area contributed by atoms with Crippen LogP contribution in [0.2, 0.25) is 0 Å². The fraction of sp³-hybridized carbons (Fsp3) is 0.333. The minimum atomic E-state index is -0.272. The van der Waals surface area contributed by atoms with Crippen LogP contribution in [0, 0.1) is 13.8 Å². The van der Waals surface area contributed by atoms with E-state index in [4.69, 9.17) is 4.74 Å². The van der Waals surface area contributed by atoms with E-state index in [1.807, 2.05) is 55.1 Å². The predicted molar refractivity (Wildman–Crippen MR) is 113 cm³/mol. The molecule has 3 heterocycles. The van der Waals surface area contributed by atoms with Gasteiger partial charge in [-0.2, -0.15) is 5.10 Å². The number of phenolic OH excluding ortho intramolecular Hbond substituents is 1. The lowest BCUT2D eigenvalue weighted by atomic mass is 9.93. The Bertz CT molecular complexity index is 1080. The fourth-order valence-corrected chi connectivity index (χ4v) is 4.82. The second-order valence-corrected chi connectivity index (χ2v) is 8.24. The van der Waals surface area contributed by atoms with Crippen LogP contribution in [0.25, 0.3) is 11.3 Å². The van der Waals surface area contributed by atoms with Crippen LogP contribution in [0.4, 0.5) is 0 Å². The molecule has 1 amide bonds. The number of aromatic nitrogens is 2. The van der Waals surface area contributed by atoms with Crippen LogP contribution in [0.1, 0.15) is 51.6 Å². The van der Waals surface area contributed by atoms with Crippen molar-refractivity contribution in [3.8, 4) is 17.0 Å². The highest BCUT2D eigenvalue weighted by atomic mass is 16.5. The Morgan fingerprint density at radius 3 is 2.73 bits per heavy atom. The number of carbonyl (C=O) groups excluding carboxylic acids is 1. The van der Waals surface area contributed by atoms with Crippen LogP contribution in [0.5, 0.6) is 5.75 Å².